The molecule has 7 heteroatoms. The number of halogens is 1. The molecule has 4 rings (SSSR count). The molecule has 138 valence electrons. The maximum Gasteiger partial charge on any atom is 0.230 e. The number of aromatic nitrogens is 3. The first-order valence-electron chi connectivity index (χ1n) is 8.58. The number of hydrogen-bond acceptors (Lipinski definition) is 5. The molecule has 0 aliphatic heterocycles. The summed E-state index contributed by atoms with van der Waals surface area (Å²) >= 11 is 7.96. The zero-order valence-electron chi connectivity index (χ0n) is 15.0. The number of thiazole rings is 1. The highest BCUT2D eigenvalue weighted by molar-refractivity contribution is 7.17. The largest absolute Gasteiger partial charge is 0.492 e. The van der Waals surface area contributed by atoms with Gasteiger partial charge in [0.05, 0.1) is 10.9 Å². The van der Waals surface area contributed by atoms with Crippen molar-refractivity contribution in [2.24, 2.45) is 0 Å². The van der Waals surface area contributed by atoms with Gasteiger partial charge in [-0.3, -0.25) is 4.90 Å². The standard InChI is InChI=1S/C20H19ClN4OS/c1-13-22-20-25(23-13)19(26)18(27-20)17(15-10-6-7-11-16(15)21)24(2)12-14-8-4-3-5-9-14/h3-11,17,26H,12H2,1-2H3/t17-/m1/s1. The molecule has 2 aromatic heterocycles. The molecule has 0 bridgehead atoms. The van der Waals surface area contributed by atoms with Gasteiger partial charge in [-0.2, -0.15) is 4.52 Å². The Hall–Kier alpha value is -2.41. The smallest absolute Gasteiger partial charge is 0.230 e. The van der Waals surface area contributed by atoms with Crippen LogP contribution in [0, 0.1) is 6.92 Å². The highest BCUT2D eigenvalue weighted by Gasteiger charge is 2.29. The van der Waals surface area contributed by atoms with Crippen LogP contribution in [0.15, 0.2) is 54.6 Å². The second-order valence-corrected chi connectivity index (χ2v) is 7.88. The van der Waals surface area contributed by atoms with Gasteiger partial charge in [0.15, 0.2) is 0 Å². The number of nitrogens with zero attached hydrogens (tertiary/aromatic N) is 4. The van der Waals surface area contributed by atoms with Crippen molar-refractivity contribution < 1.29 is 5.11 Å². The summed E-state index contributed by atoms with van der Waals surface area (Å²) in [7, 11) is 2.03. The van der Waals surface area contributed by atoms with Crippen LogP contribution in [0.2, 0.25) is 5.02 Å². The van der Waals surface area contributed by atoms with Crippen molar-refractivity contribution in [2.45, 2.75) is 19.5 Å². The summed E-state index contributed by atoms with van der Waals surface area (Å²) < 4.78 is 1.50. The van der Waals surface area contributed by atoms with Crippen LogP contribution >= 0.6 is 22.9 Å². The van der Waals surface area contributed by atoms with E-state index in [0.29, 0.717) is 22.4 Å². The SMILES string of the molecule is Cc1nc2sc([C@@H](c3ccccc3Cl)N(C)Cc3ccccc3)c(O)n2n1. The number of rotatable bonds is 5. The van der Waals surface area contributed by atoms with Crippen molar-refractivity contribution in [1.29, 1.82) is 0 Å². The molecule has 1 N–H and O–H groups in total. The Balaban J connectivity index is 1.81. The predicted octanol–water partition coefficient (Wildman–Crippen LogP) is 4.68. The van der Waals surface area contributed by atoms with Crippen LogP contribution in [0.4, 0.5) is 0 Å². The predicted molar refractivity (Wildman–Crippen MR) is 108 cm³/mol. The third-order valence-electron chi connectivity index (χ3n) is 4.47. The zero-order valence-corrected chi connectivity index (χ0v) is 16.6. The Bertz CT molecular complexity index is 1080. The van der Waals surface area contributed by atoms with E-state index in [4.69, 9.17) is 11.6 Å². The highest BCUT2D eigenvalue weighted by atomic mass is 35.5. The summed E-state index contributed by atoms with van der Waals surface area (Å²) in [5.74, 6) is 0.746. The van der Waals surface area contributed by atoms with Gasteiger partial charge >= 0.3 is 0 Å². The molecule has 0 fully saturated rings. The average Bonchev–Trinajstić information content (AvgIpc) is 3.15. The summed E-state index contributed by atoms with van der Waals surface area (Å²) in [4.78, 5) is 8.02. The second kappa shape index (κ2) is 7.31. The monoisotopic (exact) mass is 398 g/mol. The van der Waals surface area contributed by atoms with Gasteiger partial charge in [-0.1, -0.05) is 71.5 Å². The molecule has 27 heavy (non-hydrogen) atoms. The fourth-order valence-electron chi connectivity index (χ4n) is 3.26. The molecule has 0 saturated carbocycles. The maximum absolute atomic E-state index is 10.8. The van der Waals surface area contributed by atoms with Crippen LogP contribution in [-0.4, -0.2) is 31.7 Å². The van der Waals surface area contributed by atoms with Crippen molar-refractivity contribution in [3.63, 3.8) is 0 Å². The van der Waals surface area contributed by atoms with Gasteiger partial charge in [0.25, 0.3) is 0 Å². The van der Waals surface area contributed by atoms with Gasteiger partial charge in [-0.05, 0) is 31.2 Å². The summed E-state index contributed by atoms with van der Waals surface area (Å²) in [6.45, 7) is 2.52. The van der Waals surface area contributed by atoms with Crippen molar-refractivity contribution in [3.8, 4) is 5.88 Å². The molecule has 1 atom stereocenters. The normalized spacial score (nSPS) is 12.7. The molecule has 5 nitrogen and oxygen atoms in total. The zero-order chi connectivity index (χ0) is 19.0. The Morgan fingerprint density at radius 3 is 2.56 bits per heavy atom. The van der Waals surface area contributed by atoms with Gasteiger partial charge < -0.3 is 5.11 Å². The first-order valence-corrected chi connectivity index (χ1v) is 9.77. The van der Waals surface area contributed by atoms with E-state index in [1.807, 2.05) is 56.4 Å². The molecular formula is C20H19ClN4OS. The van der Waals surface area contributed by atoms with Crippen LogP contribution in [0.5, 0.6) is 5.88 Å². The molecule has 0 saturated heterocycles. The highest BCUT2D eigenvalue weighted by Crippen LogP contribution is 2.41. The Morgan fingerprint density at radius 2 is 1.85 bits per heavy atom. The van der Waals surface area contributed by atoms with Crippen molar-refractivity contribution in [2.75, 3.05) is 7.05 Å². The van der Waals surface area contributed by atoms with Gasteiger partial charge in [0.2, 0.25) is 10.8 Å². The lowest BCUT2D eigenvalue weighted by molar-refractivity contribution is 0.267. The number of aromatic hydroxyl groups is 1. The molecular weight excluding hydrogens is 380 g/mol. The van der Waals surface area contributed by atoms with E-state index >= 15 is 0 Å². The van der Waals surface area contributed by atoms with Gasteiger partial charge in [-0.25, -0.2) is 4.98 Å². The molecule has 0 aliphatic carbocycles. The van der Waals surface area contributed by atoms with E-state index in [0.717, 1.165) is 10.4 Å². The van der Waals surface area contributed by atoms with Gasteiger partial charge in [0, 0.05) is 11.6 Å². The van der Waals surface area contributed by atoms with Crippen molar-refractivity contribution in [1.82, 2.24) is 19.5 Å². The van der Waals surface area contributed by atoms with Crippen LogP contribution in [0.25, 0.3) is 4.96 Å². The van der Waals surface area contributed by atoms with Crippen LogP contribution in [0.1, 0.15) is 27.9 Å². The number of benzene rings is 2. The first kappa shape index (κ1) is 18.0. The van der Waals surface area contributed by atoms with E-state index in [1.165, 1.54) is 21.4 Å². The molecule has 0 amide bonds. The number of hydrogen-bond donors (Lipinski definition) is 1. The molecule has 0 aliphatic rings. The summed E-state index contributed by atoms with van der Waals surface area (Å²) in [6.07, 6.45) is 0. The number of aryl methyl sites for hydroxylation is 1. The van der Waals surface area contributed by atoms with E-state index < -0.39 is 0 Å². The van der Waals surface area contributed by atoms with Crippen molar-refractivity contribution in [3.05, 3.63) is 81.4 Å². The Labute approximate surface area is 166 Å². The maximum atomic E-state index is 10.8. The molecule has 2 heterocycles. The third-order valence-corrected chi connectivity index (χ3v) is 5.89. The molecule has 0 radical (unpaired) electrons. The fraction of sp³-hybridized carbons (Fsp3) is 0.200. The second-order valence-electron chi connectivity index (χ2n) is 6.47. The minimum Gasteiger partial charge on any atom is -0.492 e. The van der Waals surface area contributed by atoms with Crippen LogP contribution in [0.3, 0.4) is 0 Å². The van der Waals surface area contributed by atoms with Crippen LogP contribution < -0.4 is 0 Å². The topological polar surface area (TPSA) is 53.7 Å². The van der Waals surface area contributed by atoms with Gasteiger partial charge in [-0.15, -0.1) is 5.10 Å². The third kappa shape index (κ3) is 3.43. The lowest BCUT2D eigenvalue weighted by atomic mass is 10.0. The molecule has 2 aromatic carbocycles. The Kier molecular flexibility index (Phi) is 4.86. The van der Waals surface area contributed by atoms with E-state index in [2.05, 4.69) is 27.1 Å². The molecule has 4 aromatic rings. The summed E-state index contributed by atoms with van der Waals surface area (Å²) in [5.41, 5.74) is 2.13. The molecule has 0 spiro atoms. The van der Waals surface area contributed by atoms with E-state index in [9.17, 15) is 5.11 Å². The van der Waals surface area contributed by atoms with Gasteiger partial charge in [0.1, 0.15) is 5.82 Å². The van der Waals surface area contributed by atoms with E-state index in [1.54, 1.807) is 0 Å². The quantitative estimate of drug-likeness (QED) is 0.530. The Morgan fingerprint density at radius 1 is 1.15 bits per heavy atom. The lowest BCUT2D eigenvalue weighted by Gasteiger charge is -2.28. The first-order chi connectivity index (χ1) is 13.0. The minimum atomic E-state index is -0.215. The fourth-order valence-corrected chi connectivity index (χ4v) is 4.69. The molecule has 0 unspecified atom stereocenters. The van der Waals surface area contributed by atoms with E-state index in [-0.39, 0.29) is 11.9 Å². The minimum absolute atomic E-state index is 0.112. The summed E-state index contributed by atoms with van der Waals surface area (Å²) in [6, 6.07) is 17.8. The van der Waals surface area contributed by atoms with Crippen molar-refractivity contribution >= 4 is 27.9 Å². The van der Waals surface area contributed by atoms with Crippen LogP contribution in [-0.2, 0) is 6.54 Å². The average molecular weight is 399 g/mol. The number of fused-ring (bicyclic) bond motifs is 1. The lowest BCUT2D eigenvalue weighted by Crippen LogP contribution is -2.25. The summed E-state index contributed by atoms with van der Waals surface area (Å²) in [5, 5.41) is 15.8.